The molecule has 1 N–H and O–H groups in total. The van der Waals surface area contributed by atoms with Crippen LogP contribution in [0.1, 0.15) is 5.56 Å². The highest BCUT2D eigenvalue weighted by Gasteiger charge is 2.19. The van der Waals surface area contributed by atoms with Gasteiger partial charge in [-0.15, -0.1) is 0 Å². The first kappa shape index (κ1) is 22.5. The molecule has 32 heavy (non-hydrogen) atoms. The predicted octanol–water partition coefficient (Wildman–Crippen LogP) is 4.15. The van der Waals surface area contributed by atoms with E-state index in [2.05, 4.69) is 5.32 Å². The number of methoxy groups -OCH3 is 1. The van der Waals surface area contributed by atoms with Crippen LogP contribution >= 0.6 is 0 Å². The second-order valence-electron chi connectivity index (χ2n) is 6.39. The third-order valence-corrected chi connectivity index (χ3v) is 5.45. The lowest BCUT2D eigenvalue weighted by atomic mass is 10.1. The molecular weight excluding hydrogens is 435 g/mol. The summed E-state index contributed by atoms with van der Waals surface area (Å²) in [6.07, 6.45) is 1.30. The van der Waals surface area contributed by atoms with Crippen molar-refractivity contribution in [1.29, 1.82) is 5.26 Å². The number of hydrogen-bond acceptors (Lipinski definition) is 6. The van der Waals surface area contributed by atoms with Crippen LogP contribution in [0.3, 0.4) is 0 Å². The van der Waals surface area contributed by atoms with Crippen LogP contribution in [-0.2, 0) is 14.9 Å². The Hall–Kier alpha value is -4.16. The summed E-state index contributed by atoms with van der Waals surface area (Å²) < 4.78 is 48.3. The van der Waals surface area contributed by atoms with E-state index >= 15 is 0 Å². The molecule has 1 amide bonds. The van der Waals surface area contributed by atoms with E-state index in [-0.39, 0.29) is 22.0 Å². The molecule has 0 fully saturated rings. The Kier molecular flexibility index (Phi) is 6.87. The van der Waals surface area contributed by atoms with Crippen LogP contribution in [0.15, 0.2) is 83.3 Å². The molecule has 0 radical (unpaired) electrons. The normalized spacial score (nSPS) is 11.3. The first-order chi connectivity index (χ1) is 15.3. The lowest BCUT2D eigenvalue weighted by Gasteiger charge is -2.11. The molecule has 0 aliphatic carbocycles. The third-order valence-electron chi connectivity index (χ3n) is 4.20. The van der Waals surface area contributed by atoms with E-state index in [0.717, 1.165) is 0 Å². The molecule has 9 heteroatoms. The molecule has 0 atom stereocenters. The zero-order chi connectivity index (χ0) is 23.1. The largest absolute Gasteiger partial charge is 0.493 e. The Morgan fingerprint density at radius 2 is 1.72 bits per heavy atom. The molecule has 0 bridgehead atoms. The number of benzene rings is 3. The van der Waals surface area contributed by atoms with Crippen molar-refractivity contribution in [3.63, 3.8) is 0 Å². The highest BCUT2D eigenvalue weighted by molar-refractivity contribution is 7.87. The Morgan fingerprint density at radius 3 is 2.34 bits per heavy atom. The Balaban J connectivity index is 1.83. The average Bonchev–Trinajstić information content (AvgIpc) is 2.80. The number of nitriles is 1. The Morgan fingerprint density at radius 1 is 1.03 bits per heavy atom. The minimum Gasteiger partial charge on any atom is -0.493 e. The van der Waals surface area contributed by atoms with E-state index in [4.69, 9.17) is 8.92 Å². The van der Waals surface area contributed by atoms with Gasteiger partial charge in [0.05, 0.1) is 7.11 Å². The molecule has 0 saturated heterocycles. The smallest absolute Gasteiger partial charge is 0.339 e. The fourth-order valence-corrected chi connectivity index (χ4v) is 3.60. The minimum atomic E-state index is -4.08. The summed E-state index contributed by atoms with van der Waals surface area (Å²) in [7, 11) is -2.75. The predicted molar refractivity (Wildman–Crippen MR) is 116 cm³/mol. The second-order valence-corrected chi connectivity index (χ2v) is 7.94. The van der Waals surface area contributed by atoms with Crippen molar-refractivity contribution in [3.8, 4) is 17.6 Å². The molecule has 0 saturated carbocycles. The number of amides is 1. The van der Waals surface area contributed by atoms with Gasteiger partial charge in [0.15, 0.2) is 11.5 Å². The first-order valence-electron chi connectivity index (χ1n) is 9.18. The quantitative estimate of drug-likeness (QED) is 0.328. The molecule has 0 spiro atoms. The van der Waals surface area contributed by atoms with Crippen LogP contribution < -0.4 is 14.2 Å². The van der Waals surface area contributed by atoms with Crippen molar-refractivity contribution in [2.45, 2.75) is 4.90 Å². The maximum absolute atomic E-state index is 13.0. The zero-order valence-corrected chi connectivity index (χ0v) is 17.6. The SMILES string of the molecule is COc1cc(/C=C(\C#N)C(=O)Nc2ccc(F)cc2)ccc1OS(=O)(=O)c1ccccc1. The van der Waals surface area contributed by atoms with Gasteiger partial charge < -0.3 is 14.2 Å². The monoisotopic (exact) mass is 452 g/mol. The summed E-state index contributed by atoms with van der Waals surface area (Å²) in [5.41, 5.74) is 0.504. The fraction of sp³-hybridized carbons (Fsp3) is 0.0435. The van der Waals surface area contributed by atoms with E-state index in [1.165, 1.54) is 67.8 Å². The number of hydrogen-bond donors (Lipinski definition) is 1. The van der Waals surface area contributed by atoms with Gasteiger partial charge in [-0.25, -0.2) is 4.39 Å². The average molecular weight is 452 g/mol. The van der Waals surface area contributed by atoms with Crippen LogP contribution in [0, 0.1) is 17.1 Å². The first-order valence-corrected chi connectivity index (χ1v) is 10.6. The van der Waals surface area contributed by atoms with Gasteiger partial charge in [0.2, 0.25) is 0 Å². The number of halogens is 1. The maximum atomic E-state index is 13.0. The van der Waals surface area contributed by atoms with Crippen LogP contribution in [0.2, 0.25) is 0 Å². The van der Waals surface area contributed by atoms with Crippen LogP contribution in [-0.4, -0.2) is 21.4 Å². The van der Waals surface area contributed by atoms with E-state index < -0.39 is 21.8 Å². The van der Waals surface area contributed by atoms with E-state index in [1.54, 1.807) is 24.3 Å². The molecule has 0 heterocycles. The lowest BCUT2D eigenvalue weighted by molar-refractivity contribution is -0.112. The highest BCUT2D eigenvalue weighted by Crippen LogP contribution is 2.31. The number of anilines is 1. The molecule has 3 aromatic carbocycles. The lowest BCUT2D eigenvalue weighted by Crippen LogP contribution is -2.13. The molecule has 3 aromatic rings. The molecule has 7 nitrogen and oxygen atoms in total. The van der Waals surface area contributed by atoms with E-state index in [9.17, 15) is 22.9 Å². The molecule has 0 unspecified atom stereocenters. The van der Waals surface area contributed by atoms with Crippen molar-refractivity contribution in [2.75, 3.05) is 12.4 Å². The minimum absolute atomic E-state index is 0.0183. The van der Waals surface area contributed by atoms with Gasteiger partial charge in [-0.2, -0.15) is 13.7 Å². The molecule has 0 aliphatic heterocycles. The standard InChI is InChI=1S/C23H17FN2O5S/c1-30-22-14-16(7-12-21(22)31-32(28,29)20-5-3-2-4-6-20)13-17(15-25)23(27)26-19-10-8-18(24)9-11-19/h2-14H,1H3,(H,26,27)/b17-13+. The van der Waals surface area contributed by atoms with E-state index in [1.807, 2.05) is 0 Å². The van der Waals surface area contributed by atoms with Gasteiger partial charge in [-0.3, -0.25) is 4.79 Å². The number of carbonyl (C=O) groups is 1. The van der Waals surface area contributed by atoms with Gasteiger partial charge >= 0.3 is 10.1 Å². The molecule has 162 valence electrons. The van der Waals surface area contributed by atoms with Crippen LogP contribution in [0.4, 0.5) is 10.1 Å². The number of nitrogens with zero attached hydrogens (tertiary/aromatic N) is 1. The van der Waals surface area contributed by atoms with Gasteiger partial charge in [-0.1, -0.05) is 24.3 Å². The van der Waals surface area contributed by atoms with E-state index in [0.29, 0.717) is 11.3 Å². The summed E-state index contributed by atoms with van der Waals surface area (Å²) in [6, 6.07) is 18.8. The summed E-state index contributed by atoms with van der Waals surface area (Å²) in [4.78, 5) is 12.3. The van der Waals surface area contributed by atoms with Gasteiger partial charge in [-0.05, 0) is 60.2 Å². The number of ether oxygens (including phenoxy) is 1. The molecular formula is C23H17FN2O5S. The summed E-state index contributed by atoms with van der Waals surface area (Å²) in [5.74, 6) is -1.11. The molecule has 3 rings (SSSR count). The Labute approximate surface area is 184 Å². The molecule has 0 aliphatic rings. The molecule has 0 aromatic heterocycles. The number of rotatable bonds is 7. The summed E-state index contributed by atoms with van der Waals surface area (Å²) in [5, 5.41) is 11.9. The highest BCUT2D eigenvalue weighted by atomic mass is 32.2. The van der Waals surface area contributed by atoms with Gasteiger partial charge in [0.1, 0.15) is 22.4 Å². The third kappa shape index (κ3) is 5.50. The van der Waals surface area contributed by atoms with Crippen molar-refractivity contribution >= 4 is 27.8 Å². The zero-order valence-electron chi connectivity index (χ0n) is 16.8. The summed E-state index contributed by atoms with van der Waals surface area (Å²) in [6.45, 7) is 0. The van der Waals surface area contributed by atoms with Crippen molar-refractivity contribution in [3.05, 3.63) is 89.8 Å². The maximum Gasteiger partial charge on any atom is 0.339 e. The number of nitrogens with one attached hydrogen (secondary N) is 1. The van der Waals surface area contributed by atoms with Crippen LogP contribution in [0.25, 0.3) is 6.08 Å². The van der Waals surface area contributed by atoms with Crippen molar-refractivity contribution in [1.82, 2.24) is 0 Å². The van der Waals surface area contributed by atoms with Crippen molar-refractivity contribution in [2.24, 2.45) is 0 Å². The second kappa shape index (κ2) is 9.76. The van der Waals surface area contributed by atoms with Gasteiger partial charge in [0.25, 0.3) is 5.91 Å². The summed E-state index contributed by atoms with van der Waals surface area (Å²) >= 11 is 0. The number of carbonyl (C=O) groups excluding carboxylic acids is 1. The van der Waals surface area contributed by atoms with Crippen molar-refractivity contribution < 1.29 is 26.5 Å². The topological polar surface area (TPSA) is 105 Å². The Bertz CT molecular complexity index is 1300. The fourth-order valence-electron chi connectivity index (χ4n) is 2.64. The van der Waals surface area contributed by atoms with Gasteiger partial charge in [0, 0.05) is 5.69 Å². The van der Waals surface area contributed by atoms with Crippen LogP contribution in [0.5, 0.6) is 11.5 Å².